The topological polar surface area (TPSA) is 41.3 Å². The predicted molar refractivity (Wildman–Crippen MR) is 81.7 cm³/mol. The molecule has 20 heavy (non-hydrogen) atoms. The number of hydrogen-bond donors (Lipinski definition) is 1. The molecule has 0 saturated carbocycles. The summed E-state index contributed by atoms with van der Waals surface area (Å²) in [4.78, 5) is 7.07. The van der Waals surface area contributed by atoms with Crippen molar-refractivity contribution < 1.29 is 4.42 Å². The molecule has 1 fully saturated rings. The third-order valence-electron chi connectivity index (χ3n) is 4.78. The van der Waals surface area contributed by atoms with Crippen LogP contribution in [0, 0.1) is 19.8 Å². The minimum Gasteiger partial charge on any atom is -0.444 e. The van der Waals surface area contributed by atoms with E-state index in [1.54, 1.807) is 0 Å². The van der Waals surface area contributed by atoms with E-state index in [9.17, 15) is 0 Å². The number of nitrogens with one attached hydrogen (secondary N) is 1. The van der Waals surface area contributed by atoms with Crippen LogP contribution in [0.2, 0.25) is 0 Å². The first-order chi connectivity index (χ1) is 9.55. The molecule has 1 saturated heterocycles. The molecule has 0 radical (unpaired) electrons. The van der Waals surface area contributed by atoms with Gasteiger partial charge in [-0.25, -0.2) is 4.98 Å². The van der Waals surface area contributed by atoms with Crippen molar-refractivity contribution in [2.24, 2.45) is 5.92 Å². The lowest BCUT2D eigenvalue weighted by Crippen LogP contribution is -2.57. The van der Waals surface area contributed by atoms with Crippen LogP contribution in [0.15, 0.2) is 4.42 Å². The van der Waals surface area contributed by atoms with Crippen LogP contribution in [0.25, 0.3) is 0 Å². The third kappa shape index (κ3) is 3.41. The van der Waals surface area contributed by atoms with Gasteiger partial charge in [0.1, 0.15) is 5.76 Å². The van der Waals surface area contributed by atoms with Gasteiger partial charge >= 0.3 is 0 Å². The summed E-state index contributed by atoms with van der Waals surface area (Å²) >= 11 is 0. The molecule has 0 amide bonds. The van der Waals surface area contributed by atoms with E-state index >= 15 is 0 Å². The molecule has 2 rings (SSSR count). The monoisotopic (exact) mass is 279 g/mol. The summed E-state index contributed by atoms with van der Waals surface area (Å²) in [6.07, 6.45) is 2.39. The first-order valence-electron chi connectivity index (χ1n) is 7.95. The first-order valence-corrected chi connectivity index (χ1v) is 7.95. The van der Waals surface area contributed by atoms with Gasteiger partial charge in [0, 0.05) is 25.2 Å². The van der Waals surface area contributed by atoms with Gasteiger partial charge in [-0.1, -0.05) is 27.2 Å². The Labute approximate surface area is 122 Å². The quantitative estimate of drug-likeness (QED) is 0.900. The molecule has 1 aromatic heterocycles. The van der Waals surface area contributed by atoms with Gasteiger partial charge < -0.3 is 9.73 Å². The van der Waals surface area contributed by atoms with Gasteiger partial charge in [0.05, 0.1) is 12.2 Å². The van der Waals surface area contributed by atoms with Crippen LogP contribution in [0.4, 0.5) is 0 Å². The number of oxazole rings is 1. The number of rotatable bonds is 5. The lowest BCUT2D eigenvalue weighted by atomic mass is 9.95. The summed E-state index contributed by atoms with van der Waals surface area (Å²) in [5, 5.41) is 3.71. The van der Waals surface area contributed by atoms with Crippen LogP contribution < -0.4 is 5.32 Å². The van der Waals surface area contributed by atoms with Crippen molar-refractivity contribution >= 4 is 0 Å². The van der Waals surface area contributed by atoms with Gasteiger partial charge in [0.25, 0.3) is 0 Å². The summed E-state index contributed by atoms with van der Waals surface area (Å²) in [5.74, 6) is 2.52. The zero-order valence-corrected chi connectivity index (χ0v) is 13.6. The van der Waals surface area contributed by atoms with E-state index in [0.717, 1.165) is 37.0 Å². The Hall–Kier alpha value is -0.870. The first kappa shape index (κ1) is 15.5. The van der Waals surface area contributed by atoms with Crippen molar-refractivity contribution in [2.75, 3.05) is 13.1 Å². The molecule has 1 N–H and O–H groups in total. The fourth-order valence-electron chi connectivity index (χ4n) is 2.93. The molecule has 4 nitrogen and oxygen atoms in total. The van der Waals surface area contributed by atoms with Gasteiger partial charge in [-0.2, -0.15) is 0 Å². The molecule has 0 spiro atoms. The van der Waals surface area contributed by atoms with Crippen LogP contribution in [0.5, 0.6) is 0 Å². The maximum Gasteiger partial charge on any atom is 0.208 e. The van der Waals surface area contributed by atoms with Crippen LogP contribution in [-0.2, 0) is 6.54 Å². The van der Waals surface area contributed by atoms with Crippen molar-refractivity contribution in [2.45, 2.75) is 66.1 Å². The van der Waals surface area contributed by atoms with E-state index in [-0.39, 0.29) is 0 Å². The predicted octanol–water partition coefficient (Wildman–Crippen LogP) is 2.89. The Balaban J connectivity index is 2.05. The molecule has 4 heteroatoms. The van der Waals surface area contributed by atoms with Gasteiger partial charge in [-0.3, -0.25) is 4.90 Å². The molecule has 3 unspecified atom stereocenters. The highest BCUT2D eigenvalue weighted by Gasteiger charge is 2.30. The molecule has 3 atom stereocenters. The highest BCUT2D eigenvalue weighted by atomic mass is 16.4. The summed E-state index contributed by atoms with van der Waals surface area (Å²) in [6, 6.07) is 1.17. The summed E-state index contributed by atoms with van der Waals surface area (Å²) < 4.78 is 5.76. The summed E-state index contributed by atoms with van der Waals surface area (Å²) in [6.45, 7) is 13.9. The lowest BCUT2D eigenvalue weighted by Gasteiger charge is -2.41. The third-order valence-corrected chi connectivity index (χ3v) is 4.78. The van der Waals surface area contributed by atoms with Crippen molar-refractivity contribution in [3.63, 3.8) is 0 Å². The Morgan fingerprint density at radius 3 is 2.70 bits per heavy atom. The van der Waals surface area contributed by atoms with Gasteiger partial charge in [-0.15, -0.1) is 0 Å². The molecule has 1 aliphatic rings. The highest BCUT2D eigenvalue weighted by Crippen LogP contribution is 2.20. The Bertz CT molecular complexity index is 410. The molecule has 1 aliphatic heterocycles. The second kappa shape index (κ2) is 6.72. The summed E-state index contributed by atoms with van der Waals surface area (Å²) in [7, 11) is 0. The average molecular weight is 279 g/mol. The zero-order chi connectivity index (χ0) is 14.7. The standard InChI is InChI=1S/C16H29N3O/c1-6-11(3)15-9-19(14(7-2)8-17-15)10-16-18-12(4)13(5)20-16/h11,14-15,17H,6-10H2,1-5H3. The minimum atomic E-state index is 0.583. The average Bonchev–Trinajstić information content (AvgIpc) is 2.76. The zero-order valence-electron chi connectivity index (χ0n) is 13.6. The van der Waals surface area contributed by atoms with Crippen molar-refractivity contribution in [1.82, 2.24) is 15.2 Å². The van der Waals surface area contributed by atoms with Crippen LogP contribution >= 0.6 is 0 Å². The Morgan fingerprint density at radius 2 is 2.15 bits per heavy atom. The van der Waals surface area contributed by atoms with Gasteiger partial charge in [-0.05, 0) is 26.2 Å². The van der Waals surface area contributed by atoms with E-state index in [4.69, 9.17) is 4.42 Å². The second-order valence-corrected chi connectivity index (χ2v) is 6.14. The Morgan fingerprint density at radius 1 is 1.40 bits per heavy atom. The molecule has 114 valence electrons. The van der Waals surface area contributed by atoms with Crippen molar-refractivity contribution in [1.29, 1.82) is 0 Å². The molecule has 0 aliphatic carbocycles. The van der Waals surface area contributed by atoms with Crippen LogP contribution in [0.1, 0.15) is 51.0 Å². The number of nitrogens with zero attached hydrogens (tertiary/aromatic N) is 2. The maximum atomic E-state index is 5.76. The van der Waals surface area contributed by atoms with E-state index in [2.05, 4.69) is 36.0 Å². The summed E-state index contributed by atoms with van der Waals surface area (Å²) in [5.41, 5.74) is 1.02. The normalized spacial score (nSPS) is 25.9. The van der Waals surface area contributed by atoms with E-state index in [1.165, 1.54) is 12.8 Å². The molecular weight excluding hydrogens is 250 g/mol. The van der Waals surface area contributed by atoms with E-state index in [0.29, 0.717) is 18.0 Å². The minimum absolute atomic E-state index is 0.583. The van der Waals surface area contributed by atoms with Crippen molar-refractivity contribution in [3.05, 3.63) is 17.3 Å². The fraction of sp³-hybridized carbons (Fsp3) is 0.812. The SMILES string of the molecule is CCC(C)C1CN(Cc2nc(C)c(C)o2)C(CC)CN1. The second-order valence-electron chi connectivity index (χ2n) is 6.14. The van der Waals surface area contributed by atoms with Gasteiger partial charge in [0.2, 0.25) is 5.89 Å². The molecule has 1 aromatic rings. The van der Waals surface area contributed by atoms with E-state index < -0.39 is 0 Å². The largest absolute Gasteiger partial charge is 0.444 e. The Kier molecular flexibility index (Phi) is 5.22. The number of hydrogen-bond acceptors (Lipinski definition) is 4. The molecule has 0 bridgehead atoms. The smallest absolute Gasteiger partial charge is 0.208 e. The van der Waals surface area contributed by atoms with Crippen molar-refractivity contribution in [3.8, 4) is 0 Å². The van der Waals surface area contributed by atoms with Crippen LogP contribution in [0.3, 0.4) is 0 Å². The van der Waals surface area contributed by atoms with Crippen LogP contribution in [-0.4, -0.2) is 35.1 Å². The highest BCUT2D eigenvalue weighted by molar-refractivity contribution is 5.05. The maximum absolute atomic E-state index is 5.76. The molecular formula is C16H29N3O. The fourth-order valence-corrected chi connectivity index (χ4v) is 2.93. The van der Waals surface area contributed by atoms with Gasteiger partial charge in [0.15, 0.2) is 0 Å². The number of aromatic nitrogens is 1. The lowest BCUT2D eigenvalue weighted by molar-refractivity contribution is 0.0903. The number of aryl methyl sites for hydroxylation is 2. The molecule has 2 heterocycles. The van der Waals surface area contributed by atoms with E-state index in [1.807, 2.05) is 13.8 Å². The number of piperazine rings is 1. The molecule has 0 aromatic carbocycles.